The second-order valence-corrected chi connectivity index (χ2v) is 6.72. The molecule has 2 unspecified atom stereocenters. The molecule has 2 aliphatic heterocycles. The van der Waals surface area contributed by atoms with Crippen LogP contribution in [0.15, 0.2) is 12.1 Å². The maximum Gasteiger partial charge on any atom is 0.228 e. The van der Waals surface area contributed by atoms with E-state index < -0.39 is 0 Å². The molecule has 0 saturated carbocycles. The van der Waals surface area contributed by atoms with Gasteiger partial charge in [0, 0.05) is 17.3 Å². The lowest BCUT2D eigenvalue weighted by Gasteiger charge is -2.23. The normalized spacial score (nSPS) is 22.8. The predicted molar refractivity (Wildman–Crippen MR) is 85.2 cm³/mol. The van der Waals surface area contributed by atoms with Crippen LogP contribution in [-0.4, -0.2) is 18.6 Å². The van der Waals surface area contributed by atoms with Gasteiger partial charge in [0.15, 0.2) is 0 Å². The zero-order valence-electron chi connectivity index (χ0n) is 11.8. The minimum Gasteiger partial charge on any atom is -0.378 e. The van der Waals surface area contributed by atoms with E-state index in [1.807, 2.05) is 12.1 Å². The Kier molecular flexibility index (Phi) is 4.72. The molecule has 0 spiro atoms. The Morgan fingerprint density at radius 2 is 2.24 bits per heavy atom. The molecule has 2 aliphatic rings. The summed E-state index contributed by atoms with van der Waals surface area (Å²) in [6.45, 7) is 0.866. The number of alkyl halides is 1. The topological polar surface area (TPSA) is 38.3 Å². The zero-order valence-corrected chi connectivity index (χ0v) is 13.3. The van der Waals surface area contributed by atoms with Gasteiger partial charge >= 0.3 is 0 Å². The number of carbonyl (C=O) groups is 1. The third-order valence-corrected chi connectivity index (χ3v) is 4.98. The fraction of sp³-hybridized carbons (Fsp3) is 0.562. The van der Waals surface area contributed by atoms with E-state index in [2.05, 4.69) is 5.32 Å². The first-order valence-electron chi connectivity index (χ1n) is 7.51. The molecule has 0 aliphatic carbocycles. The van der Waals surface area contributed by atoms with Crippen LogP contribution < -0.4 is 5.32 Å². The van der Waals surface area contributed by atoms with E-state index in [9.17, 15) is 4.79 Å². The Balaban J connectivity index is 1.65. The van der Waals surface area contributed by atoms with Crippen molar-refractivity contribution in [2.75, 3.05) is 11.9 Å². The Bertz CT molecular complexity index is 541. The molecular formula is C16H19Cl2NO2. The van der Waals surface area contributed by atoms with Crippen LogP contribution in [0.25, 0.3) is 0 Å². The van der Waals surface area contributed by atoms with Gasteiger partial charge in [-0.2, -0.15) is 0 Å². The van der Waals surface area contributed by atoms with E-state index >= 15 is 0 Å². The standard InChI is InChI=1S/C16H19Cl2NO2/c17-13(5-4-11-3-1-2-6-21-11)12-7-10-8-16(20)19-15(10)9-14(12)18/h7,9,11,13H,1-6,8H2,(H,19,20). The third kappa shape index (κ3) is 3.53. The Labute approximate surface area is 135 Å². The van der Waals surface area contributed by atoms with Gasteiger partial charge < -0.3 is 10.1 Å². The molecule has 2 atom stereocenters. The number of hydrogen-bond donors (Lipinski definition) is 1. The van der Waals surface area contributed by atoms with Crippen LogP contribution in [0.5, 0.6) is 0 Å². The third-order valence-electron chi connectivity index (χ3n) is 4.20. The molecule has 5 heteroatoms. The highest BCUT2D eigenvalue weighted by Crippen LogP contribution is 2.37. The highest BCUT2D eigenvalue weighted by Gasteiger charge is 2.23. The lowest BCUT2D eigenvalue weighted by atomic mass is 9.99. The predicted octanol–water partition coefficient (Wildman–Crippen LogP) is 4.46. The molecule has 1 N–H and O–H groups in total. The quantitative estimate of drug-likeness (QED) is 0.829. The Morgan fingerprint density at radius 3 is 3.00 bits per heavy atom. The first-order chi connectivity index (χ1) is 10.1. The van der Waals surface area contributed by atoms with Crippen molar-refractivity contribution in [2.24, 2.45) is 0 Å². The van der Waals surface area contributed by atoms with Gasteiger partial charge in [-0.1, -0.05) is 17.7 Å². The molecule has 1 aromatic rings. The average molecular weight is 328 g/mol. The van der Waals surface area contributed by atoms with E-state index in [1.54, 1.807) is 0 Å². The monoisotopic (exact) mass is 327 g/mol. The van der Waals surface area contributed by atoms with Gasteiger partial charge in [0.05, 0.1) is 17.9 Å². The summed E-state index contributed by atoms with van der Waals surface area (Å²) >= 11 is 12.8. The van der Waals surface area contributed by atoms with E-state index in [-0.39, 0.29) is 11.3 Å². The van der Waals surface area contributed by atoms with Crippen molar-refractivity contribution in [2.45, 2.75) is 50.0 Å². The maximum atomic E-state index is 11.4. The summed E-state index contributed by atoms with van der Waals surface area (Å²) in [6, 6.07) is 3.78. The fourth-order valence-electron chi connectivity index (χ4n) is 3.03. The molecule has 0 radical (unpaired) electrons. The molecule has 21 heavy (non-hydrogen) atoms. The smallest absolute Gasteiger partial charge is 0.228 e. The summed E-state index contributed by atoms with van der Waals surface area (Å²) in [7, 11) is 0. The van der Waals surface area contributed by atoms with Gasteiger partial charge in [0.1, 0.15) is 0 Å². The van der Waals surface area contributed by atoms with Crippen molar-refractivity contribution >= 4 is 34.8 Å². The van der Waals surface area contributed by atoms with Crippen molar-refractivity contribution in [3.8, 4) is 0 Å². The van der Waals surface area contributed by atoms with Crippen LogP contribution in [0.3, 0.4) is 0 Å². The zero-order chi connectivity index (χ0) is 14.8. The summed E-state index contributed by atoms with van der Waals surface area (Å²) < 4.78 is 5.74. The molecule has 1 aromatic carbocycles. The Hall–Kier alpha value is -0.770. The number of benzene rings is 1. The highest BCUT2D eigenvalue weighted by atomic mass is 35.5. The number of rotatable bonds is 4. The molecule has 3 rings (SSSR count). The minimum absolute atomic E-state index is 0.0138. The van der Waals surface area contributed by atoms with Crippen molar-refractivity contribution in [3.63, 3.8) is 0 Å². The number of hydrogen-bond acceptors (Lipinski definition) is 2. The molecular weight excluding hydrogens is 309 g/mol. The molecule has 0 aromatic heterocycles. The van der Waals surface area contributed by atoms with Crippen LogP contribution in [-0.2, 0) is 16.0 Å². The fourth-order valence-corrected chi connectivity index (χ4v) is 3.69. The first-order valence-corrected chi connectivity index (χ1v) is 8.33. The lowest BCUT2D eigenvalue weighted by Crippen LogP contribution is -2.19. The molecule has 2 heterocycles. The van der Waals surface area contributed by atoms with Crippen LogP contribution >= 0.6 is 23.2 Å². The van der Waals surface area contributed by atoms with Crippen molar-refractivity contribution < 1.29 is 9.53 Å². The highest BCUT2D eigenvalue weighted by molar-refractivity contribution is 6.33. The van der Waals surface area contributed by atoms with Gasteiger partial charge in [0.25, 0.3) is 0 Å². The molecule has 114 valence electrons. The SMILES string of the molecule is O=C1Cc2cc(C(Cl)CCC3CCCCO3)c(Cl)cc2N1. The number of halogens is 2. The maximum absolute atomic E-state index is 11.4. The number of fused-ring (bicyclic) bond motifs is 1. The number of anilines is 1. The van der Waals surface area contributed by atoms with Crippen molar-refractivity contribution in [1.29, 1.82) is 0 Å². The van der Waals surface area contributed by atoms with E-state index in [4.69, 9.17) is 27.9 Å². The number of ether oxygens (including phenoxy) is 1. The van der Waals surface area contributed by atoms with Gasteiger partial charge in [-0.05, 0) is 49.3 Å². The summed E-state index contributed by atoms with van der Waals surface area (Å²) in [5.41, 5.74) is 2.72. The molecule has 1 saturated heterocycles. The second kappa shape index (κ2) is 6.55. The summed E-state index contributed by atoms with van der Waals surface area (Å²) in [5.74, 6) is 0.0138. The lowest BCUT2D eigenvalue weighted by molar-refractivity contribution is -0.115. The Morgan fingerprint density at radius 1 is 1.38 bits per heavy atom. The van der Waals surface area contributed by atoms with E-state index in [0.717, 1.165) is 42.7 Å². The van der Waals surface area contributed by atoms with Gasteiger partial charge in [-0.25, -0.2) is 0 Å². The van der Waals surface area contributed by atoms with Crippen LogP contribution in [0.1, 0.15) is 48.6 Å². The first kappa shape index (κ1) is 15.1. The van der Waals surface area contributed by atoms with Crippen LogP contribution in [0.2, 0.25) is 5.02 Å². The van der Waals surface area contributed by atoms with Gasteiger partial charge in [-0.3, -0.25) is 4.79 Å². The molecule has 1 fully saturated rings. The summed E-state index contributed by atoms with van der Waals surface area (Å²) in [5, 5.41) is 3.29. The van der Waals surface area contributed by atoms with Crippen molar-refractivity contribution in [1.82, 2.24) is 0 Å². The average Bonchev–Trinajstić information content (AvgIpc) is 2.84. The van der Waals surface area contributed by atoms with Crippen molar-refractivity contribution in [3.05, 3.63) is 28.3 Å². The molecule has 0 bridgehead atoms. The van der Waals surface area contributed by atoms with E-state index in [0.29, 0.717) is 17.5 Å². The number of amides is 1. The summed E-state index contributed by atoms with van der Waals surface area (Å²) in [6.07, 6.45) is 6.07. The second-order valence-electron chi connectivity index (χ2n) is 5.79. The molecule has 3 nitrogen and oxygen atoms in total. The van der Waals surface area contributed by atoms with Gasteiger partial charge in [-0.15, -0.1) is 11.6 Å². The summed E-state index contributed by atoms with van der Waals surface area (Å²) in [4.78, 5) is 11.4. The largest absolute Gasteiger partial charge is 0.378 e. The molecule has 1 amide bonds. The van der Waals surface area contributed by atoms with Gasteiger partial charge in [0.2, 0.25) is 5.91 Å². The van der Waals surface area contributed by atoms with Crippen LogP contribution in [0.4, 0.5) is 5.69 Å². The van der Waals surface area contributed by atoms with Crippen LogP contribution in [0, 0.1) is 0 Å². The number of carbonyl (C=O) groups excluding carboxylic acids is 1. The minimum atomic E-state index is -0.135. The number of nitrogens with one attached hydrogen (secondary N) is 1. The van der Waals surface area contributed by atoms with E-state index in [1.165, 1.54) is 12.8 Å².